The molecule has 0 bridgehead atoms. The molecule has 0 radical (unpaired) electrons. The lowest BCUT2D eigenvalue weighted by atomic mass is 9.63. The van der Waals surface area contributed by atoms with E-state index in [1.807, 2.05) is 12.1 Å². The molecule has 0 aliphatic heterocycles. The predicted molar refractivity (Wildman–Crippen MR) is 110 cm³/mol. The van der Waals surface area contributed by atoms with Crippen molar-refractivity contribution >= 4 is 16.9 Å². The van der Waals surface area contributed by atoms with E-state index in [-0.39, 0.29) is 16.8 Å². The van der Waals surface area contributed by atoms with Gasteiger partial charge in [0.2, 0.25) is 0 Å². The molecule has 0 spiro atoms. The highest BCUT2D eigenvalue weighted by Gasteiger charge is 2.37. The van der Waals surface area contributed by atoms with Gasteiger partial charge in [-0.1, -0.05) is 39.8 Å². The first-order valence-electron chi connectivity index (χ1n) is 9.58. The molecule has 1 heterocycles. The van der Waals surface area contributed by atoms with Crippen molar-refractivity contribution in [3.05, 3.63) is 59.2 Å². The monoisotopic (exact) mass is 361 g/mol. The van der Waals surface area contributed by atoms with Gasteiger partial charge in [0.15, 0.2) is 0 Å². The SMILES string of the molecule is COC(=O)c1ccc2[nH]c(-c3ccc4c(c3)C(C)(C)CCC4(C)C)cc2c1. The quantitative estimate of drug-likeness (QED) is 0.571. The van der Waals surface area contributed by atoms with E-state index in [0.717, 1.165) is 16.6 Å². The van der Waals surface area contributed by atoms with Crippen LogP contribution in [0.15, 0.2) is 42.5 Å². The van der Waals surface area contributed by atoms with Crippen LogP contribution in [0.5, 0.6) is 0 Å². The van der Waals surface area contributed by atoms with Gasteiger partial charge < -0.3 is 9.72 Å². The minimum Gasteiger partial charge on any atom is -0.465 e. The number of methoxy groups -OCH3 is 1. The Bertz CT molecular complexity index is 1040. The zero-order chi connectivity index (χ0) is 19.4. The number of aromatic amines is 1. The van der Waals surface area contributed by atoms with Gasteiger partial charge in [0.1, 0.15) is 0 Å². The molecule has 3 aromatic rings. The second kappa shape index (κ2) is 5.98. The minimum atomic E-state index is -0.308. The van der Waals surface area contributed by atoms with E-state index in [1.165, 1.54) is 36.6 Å². The van der Waals surface area contributed by atoms with Crippen molar-refractivity contribution in [2.75, 3.05) is 7.11 Å². The summed E-state index contributed by atoms with van der Waals surface area (Å²) in [5.74, 6) is -0.308. The second-order valence-corrected chi connectivity index (χ2v) is 9.00. The van der Waals surface area contributed by atoms with Crippen molar-refractivity contribution in [1.82, 2.24) is 4.98 Å². The number of rotatable bonds is 2. The number of hydrogen-bond acceptors (Lipinski definition) is 2. The third kappa shape index (κ3) is 2.95. The van der Waals surface area contributed by atoms with Crippen molar-refractivity contribution in [2.45, 2.75) is 51.4 Å². The number of ether oxygens (including phenoxy) is 1. The highest BCUT2D eigenvalue weighted by molar-refractivity contribution is 5.96. The first kappa shape index (κ1) is 17.8. The summed E-state index contributed by atoms with van der Waals surface area (Å²) in [6, 6.07) is 14.6. The summed E-state index contributed by atoms with van der Waals surface area (Å²) in [7, 11) is 1.41. The topological polar surface area (TPSA) is 42.1 Å². The van der Waals surface area contributed by atoms with Crippen LogP contribution in [0.3, 0.4) is 0 Å². The van der Waals surface area contributed by atoms with Gasteiger partial charge >= 0.3 is 5.97 Å². The number of aromatic nitrogens is 1. The van der Waals surface area contributed by atoms with Crippen LogP contribution >= 0.6 is 0 Å². The van der Waals surface area contributed by atoms with E-state index in [0.29, 0.717) is 5.56 Å². The zero-order valence-corrected chi connectivity index (χ0v) is 16.8. The number of esters is 1. The van der Waals surface area contributed by atoms with Gasteiger partial charge in [0.05, 0.1) is 12.7 Å². The van der Waals surface area contributed by atoms with Gasteiger partial charge in [-0.25, -0.2) is 4.79 Å². The van der Waals surface area contributed by atoms with Crippen molar-refractivity contribution in [1.29, 1.82) is 0 Å². The van der Waals surface area contributed by atoms with Gasteiger partial charge in [-0.05, 0) is 70.7 Å². The molecule has 1 aromatic heterocycles. The number of benzene rings is 2. The van der Waals surface area contributed by atoms with Crippen LogP contribution in [-0.4, -0.2) is 18.1 Å². The Labute approximate surface area is 160 Å². The third-order valence-corrected chi connectivity index (χ3v) is 6.21. The second-order valence-electron chi connectivity index (χ2n) is 9.00. The Hall–Kier alpha value is -2.55. The smallest absolute Gasteiger partial charge is 0.337 e. The average molecular weight is 361 g/mol. The van der Waals surface area contributed by atoms with E-state index in [1.54, 1.807) is 6.07 Å². The van der Waals surface area contributed by atoms with Crippen LogP contribution in [0.1, 0.15) is 62.0 Å². The molecule has 27 heavy (non-hydrogen) atoms. The Morgan fingerprint density at radius 1 is 0.926 bits per heavy atom. The Balaban J connectivity index is 1.81. The Morgan fingerprint density at radius 2 is 1.63 bits per heavy atom. The molecule has 3 nitrogen and oxygen atoms in total. The average Bonchev–Trinajstić information content (AvgIpc) is 3.08. The molecular weight excluding hydrogens is 334 g/mol. The number of carbonyl (C=O) groups is 1. The fraction of sp³-hybridized carbons (Fsp3) is 0.375. The lowest BCUT2D eigenvalue weighted by Crippen LogP contribution is -2.33. The summed E-state index contributed by atoms with van der Waals surface area (Å²) in [6.45, 7) is 9.38. The molecule has 0 amide bonds. The van der Waals surface area contributed by atoms with Gasteiger partial charge in [0.25, 0.3) is 0 Å². The molecule has 140 valence electrons. The maximum Gasteiger partial charge on any atom is 0.337 e. The largest absolute Gasteiger partial charge is 0.465 e. The number of nitrogens with one attached hydrogen (secondary N) is 1. The predicted octanol–water partition coefficient (Wildman–Crippen LogP) is 5.97. The number of H-pyrrole nitrogens is 1. The summed E-state index contributed by atoms with van der Waals surface area (Å²) in [5, 5.41) is 1.02. The van der Waals surface area contributed by atoms with Gasteiger partial charge in [-0.15, -0.1) is 0 Å². The Morgan fingerprint density at radius 3 is 2.33 bits per heavy atom. The molecule has 0 atom stereocenters. The standard InChI is InChI=1S/C24H27NO2/c1-23(2)10-11-24(3,4)19-13-15(6-8-18(19)23)21-14-17-12-16(22(26)27-5)7-9-20(17)25-21/h6-9,12-14,25H,10-11H2,1-5H3. The number of hydrogen-bond donors (Lipinski definition) is 1. The maximum atomic E-state index is 11.8. The number of fused-ring (bicyclic) bond motifs is 2. The molecule has 0 fully saturated rings. The fourth-order valence-corrected chi connectivity index (χ4v) is 4.29. The van der Waals surface area contributed by atoms with E-state index in [9.17, 15) is 4.79 Å². The summed E-state index contributed by atoms with van der Waals surface area (Å²) in [4.78, 5) is 15.3. The highest BCUT2D eigenvalue weighted by atomic mass is 16.5. The highest BCUT2D eigenvalue weighted by Crippen LogP contribution is 2.46. The van der Waals surface area contributed by atoms with Crippen LogP contribution in [0, 0.1) is 0 Å². The van der Waals surface area contributed by atoms with Crippen LogP contribution in [0.2, 0.25) is 0 Å². The van der Waals surface area contributed by atoms with Crippen molar-refractivity contribution in [3.8, 4) is 11.3 Å². The van der Waals surface area contributed by atoms with Crippen molar-refractivity contribution in [2.24, 2.45) is 0 Å². The molecule has 0 saturated carbocycles. The van der Waals surface area contributed by atoms with E-state index >= 15 is 0 Å². The molecule has 2 aromatic carbocycles. The first-order valence-corrected chi connectivity index (χ1v) is 9.58. The van der Waals surface area contributed by atoms with Crippen LogP contribution in [0.4, 0.5) is 0 Å². The molecule has 0 unspecified atom stereocenters. The van der Waals surface area contributed by atoms with E-state index in [2.05, 4.69) is 56.9 Å². The fourth-order valence-electron chi connectivity index (χ4n) is 4.29. The number of carbonyl (C=O) groups excluding carboxylic acids is 1. The van der Waals surface area contributed by atoms with Crippen LogP contribution in [-0.2, 0) is 15.6 Å². The minimum absolute atomic E-state index is 0.185. The summed E-state index contributed by atoms with van der Waals surface area (Å²) < 4.78 is 4.83. The van der Waals surface area contributed by atoms with Crippen molar-refractivity contribution in [3.63, 3.8) is 0 Å². The van der Waals surface area contributed by atoms with Gasteiger partial charge in [0, 0.05) is 16.6 Å². The van der Waals surface area contributed by atoms with Gasteiger partial charge in [-0.2, -0.15) is 0 Å². The first-order chi connectivity index (χ1) is 12.7. The summed E-state index contributed by atoms with van der Waals surface area (Å²) >= 11 is 0. The Kier molecular flexibility index (Phi) is 3.95. The summed E-state index contributed by atoms with van der Waals surface area (Å²) in [5.41, 5.74) is 7.18. The van der Waals surface area contributed by atoms with Gasteiger partial charge in [-0.3, -0.25) is 0 Å². The van der Waals surface area contributed by atoms with Crippen LogP contribution < -0.4 is 0 Å². The molecule has 0 saturated heterocycles. The van der Waals surface area contributed by atoms with E-state index < -0.39 is 0 Å². The third-order valence-electron chi connectivity index (χ3n) is 6.21. The molecule has 1 aliphatic rings. The van der Waals surface area contributed by atoms with E-state index in [4.69, 9.17) is 4.74 Å². The normalized spacial score (nSPS) is 17.5. The molecule has 1 aliphatic carbocycles. The lowest BCUT2D eigenvalue weighted by Gasteiger charge is -2.42. The molecule has 1 N–H and O–H groups in total. The molecule has 3 heteroatoms. The molecule has 4 rings (SSSR count). The summed E-state index contributed by atoms with van der Waals surface area (Å²) in [6.07, 6.45) is 2.42. The van der Waals surface area contributed by atoms with Crippen LogP contribution in [0.25, 0.3) is 22.2 Å². The van der Waals surface area contributed by atoms with Crippen molar-refractivity contribution < 1.29 is 9.53 Å². The lowest BCUT2D eigenvalue weighted by molar-refractivity contribution is 0.0601. The molecular formula is C24H27NO2. The zero-order valence-electron chi connectivity index (χ0n) is 16.8. The maximum absolute atomic E-state index is 11.8.